The van der Waals surface area contributed by atoms with E-state index >= 15 is 0 Å². The largest absolute Gasteiger partial charge is 0.257 e. The first kappa shape index (κ1) is 9.19. The number of nitrogens with zero attached hydrogens (tertiary/aromatic N) is 1. The molecule has 0 aliphatic rings. The summed E-state index contributed by atoms with van der Waals surface area (Å²) < 4.78 is 20.7. The van der Waals surface area contributed by atoms with Gasteiger partial charge in [-0.2, -0.15) is 0 Å². The van der Waals surface area contributed by atoms with Gasteiger partial charge in [-0.25, -0.2) is 8.42 Å². The lowest BCUT2D eigenvalue weighted by Gasteiger charge is -1.99. The molecule has 0 spiro atoms. The van der Waals surface area contributed by atoms with Gasteiger partial charge in [0.05, 0.1) is 11.4 Å². The lowest BCUT2D eigenvalue weighted by atomic mass is 10.2. The van der Waals surface area contributed by atoms with Gasteiger partial charge in [0.15, 0.2) is 0 Å². The first-order chi connectivity index (χ1) is 5.59. The summed E-state index contributed by atoms with van der Waals surface area (Å²) in [7, 11) is -2.36. The highest BCUT2D eigenvalue weighted by atomic mass is 32.2. The molecule has 66 valence electrons. The molecular formula is C8H11NO2S. The Morgan fingerprint density at radius 1 is 1.33 bits per heavy atom. The molecule has 0 fully saturated rings. The zero-order valence-electron chi connectivity index (χ0n) is 7.07. The molecule has 0 unspecified atom stereocenters. The molecule has 1 aromatic rings. The number of aromatic nitrogens is 1. The lowest BCUT2D eigenvalue weighted by Crippen LogP contribution is -1.95. The number of aryl methyl sites for hydroxylation is 2. The monoisotopic (exact) mass is 185 g/mol. The molecule has 0 saturated carbocycles. The van der Waals surface area contributed by atoms with Crippen LogP contribution in [0.25, 0.3) is 0 Å². The van der Waals surface area contributed by atoms with Gasteiger partial charge < -0.3 is 0 Å². The minimum atomic E-state index is -2.36. The summed E-state index contributed by atoms with van der Waals surface area (Å²) in [5.74, 6) is 0.0381. The SMILES string of the molecule is Cc1ccc(C[SH](=O)=O)nc1C. The Hall–Kier alpha value is -0.900. The predicted octanol–water partition coefficient (Wildman–Crippen LogP) is 0.810. The number of pyridine rings is 1. The zero-order chi connectivity index (χ0) is 9.14. The molecule has 0 atom stereocenters. The molecule has 0 aliphatic heterocycles. The Morgan fingerprint density at radius 2 is 2.00 bits per heavy atom. The van der Waals surface area contributed by atoms with Gasteiger partial charge in [-0.3, -0.25) is 4.98 Å². The minimum Gasteiger partial charge on any atom is -0.257 e. The Balaban J connectivity index is 2.97. The molecule has 0 saturated heterocycles. The fraction of sp³-hybridized carbons (Fsp3) is 0.375. The van der Waals surface area contributed by atoms with Crippen molar-refractivity contribution in [1.82, 2.24) is 4.98 Å². The minimum absolute atomic E-state index is 0.0381. The Bertz CT molecular complexity index is 350. The number of hydrogen-bond donors (Lipinski definition) is 1. The van der Waals surface area contributed by atoms with Gasteiger partial charge in [0.25, 0.3) is 0 Å². The second-order valence-electron chi connectivity index (χ2n) is 2.70. The summed E-state index contributed by atoms with van der Waals surface area (Å²) >= 11 is 0. The van der Waals surface area contributed by atoms with Crippen molar-refractivity contribution in [3.63, 3.8) is 0 Å². The average molecular weight is 185 g/mol. The zero-order valence-corrected chi connectivity index (χ0v) is 7.97. The second-order valence-corrected chi connectivity index (χ2v) is 3.68. The van der Waals surface area contributed by atoms with Crippen molar-refractivity contribution < 1.29 is 8.42 Å². The molecule has 0 aliphatic carbocycles. The molecule has 12 heavy (non-hydrogen) atoms. The van der Waals surface area contributed by atoms with Crippen molar-refractivity contribution in [3.8, 4) is 0 Å². The second kappa shape index (κ2) is 3.67. The van der Waals surface area contributed by atoms with Crippen LogP contribution in [-0.2, 0) is 16.5 Å². The molecule has 1 aromatic heterocycles. The summed E-state index contributed by atoms with van der Waals surface area (Å²) in [6.45, 7) is 3.82. The van der Waals surface area contributed by atoms with Crippen LogP contribution < -0.4 is 0 Å². The van der Waals surface area contributed by atoms with E-state index in [-0.39, 0.29) is 5.75 Å². The number of hydrogen-bond acceptors (Lipinski definition) is 3. The molecule has 0 N–H and O–H groups in total. The van der Waals surface area contributed by atoms with Crippen LogP contribution in [-0.4, -0.2) is 13.4 Å². The van der Waals surface area contributed by atoms with Crippen molar-refractivity contribution >= 4 is 10.7 Å². The van der Waals surface area contributed by atoms with Gasteiger partial charge in [-0.05, 0) is 25.5 Å². The van der Waals surface area contributed by atoms with Crippen LogP contribution in [0, 0.1) is 13.8 Å². The van der Waals surface area contributed by atoms with Gasteiger partial charge >= 0.3 is 0 Å². The molecule has 0 amide bonds. The highest BCUT2D eigenvalue weighted by Gasteiger charge is 1.98. The van der Waals surface area contributed by atoms with Crippen LogP contribution >= 0.6 is 0 Å². The van der Waals surface area contributed by atoms with E-state index in [1.807, 2.05) is 19.9 Å². The molecule has 0 radical (unpaired) electrons. The van der Waals surface area contributed by atoms with E-state index in [9.17, 15) is 8.42 Å². The molecule has 1 heterocycles. The lowest BCUT2D eigenvalue weighted by molar-refractivity contribution is 0.613. The molecular weight excluding hydrogens is 174 g/mol. The van der Waals surface area contributed by atoms with Crippen molar-refractivity contribution in [3.05, 3.63) is 29.1 Å². The molecule has 1 rings (SSSR count). The van der Waals surface area contributed by atoms with Crippen LogP contribution in [0.4, 0.5) is 0 Å². The normalized spacial score (nSPS) is 10.6. The smallest absolute Gasteiger partial charge is 0.145 e. The van der Waals surface area contributed by atoms with Gasteiger partial charge in [0.2, 0.25) is 0 Å². The Kier molecular flexibility index (Phi) is 2.81. The van der Waals surface area contributed by atoms with E-state index in [1.165, 1.54) is 0 Å². The van der Waals surface area contributed by atoms with Gasteiger partial charge in [-0.15, -0.1) is 0 Å². The average Bonchev–Trinajstić information content (AvgIpc) is 1.96. The predicted molar refractivity (Wildman–Crippen MR) is 47.7 cm³/mol. The van der Waals surface area contributed by atoms with Crippen LogP contribution in [0.3, 0.4) is 0 Å². The maximum Gasteiger partial charge on any atom is 0.145 e. The van der Waals surface area contributed by atoms with Crippen molar-refractivity contribution in [1.29, 1.82) is 0 Å². The topological polar surface area (TPSA) is 47.0 Å². The van der Waals surface area contributed by atoms with Crippen molar-refractivity contribution in [2.75, 3.05) is 0 Å². The fourth-order valence-corrected chi connectivity index (χ4v) is 1.34. The van der Waals surface area contributed by atoms with E-state index in [0.29, 0.717) is 5.69 Å². The number of rotatable bonds is 2. The summed E-state index contributed by atoms with van der Waals surface area (Å²) in [4.78, 5) is 4.13. The Morgan fingerprint density at radius 3 is 2.50 bits per heavy atom. The van der Waals surface area contributed by atoms with Gasteiger partial charge in [0.1, 0.15) is 10.7 Å². The van der Waals surface area contributed by atoms with Gasteiger partial charge in [-0.1, -0.05) is 6.07 Å². The first-order valence-corrected chi connectivity index (χ1v) is 5.01. The van der Waals surface area contributed by atoms with Crippen LogP contribution in [0.2, 0.25) is 0 Å². The summed E-state index contributed by atoms with van der Waals surface area (Å²) in [5.41, 5.74) is 2.60. The summed E-state index contributed by atoms with van der Waals surface area (Å²) in [6.07, 6.45) is 0. The molecule has 4 heteroatoms. The van der Waals surface area contributed by atoms with Crippen LogP contribution in [0.1, 0.15) is 17.0 Å². The highest BCUT2D eigenvalue weighted by molar-refractivity contribution is 7.71. The van der Waals surface area contributed by atoms with Crippen LogP contribution in [0.5, 0.6) is 0 Å². The summed E-state index contributed by atoms with van der Waals surface area (Å²) in [5, 5.41) is 0. The quantitative estimate of drug-likeness (QED) is 0.693. The molecule has 0 bridgehead atoms. The summed E-state index contributed by atoms with van der Waals surface area (Å²) in [6, 6.07) is 3.63. The third-order valence-corrected chi connectivity index (χ3v) is 2.28. The maximum absolute atomic E-state index is 10.4. The van der Waals surface area contributed by atoms with Crippen molar-refractivity contribution in [2.24, 2.45) is 0 Å². The van der Waals surface area contributed by atoms with E-state index in [0.717, 1.165) is 11.3 Å². The molecule has 3 nitrogen and oxygen atoms in total. The van der Waals surface area contributed by atoms with Crippen molar-refractivity contribution in [2.45, 2.75) is 19.6 Å². The van der Waals surface area contributed by atoms with E-state index < -0.39 is 10.7 Å². The van der Waals surface area contributed by atoms with Gasteiger partial charge in [0, 0.05) is 5.69 Å². The standard InChI is InChI=1S/C8H11NO2S/c1-6-3-4-8(5-12(10)11)9-7(6)2/h3-4,12H,5H2,1-2H3. The third kappa shape index (κ3) is 2.30. The fourth-order valence-electron chi connectivity index (χ4n) is 0.903. The van der Waals surface area contributed by atoms with E-state index in [4.69, 9.17) is 0 Å². The Labute approximate surface area is 73.4 Å². The first-order valence-electron chi connectivity index (χ1n) is 3.64. The van der Waals surface area contributed by atoms with E-state index in [1.54, 1.807) is 6.07 Å². The third-order valence-electron chi connectivity index (χ3n) is 1.70. The highest BCUT2D eigenvalue weighted by Crippen LogP contribution is 2.05. The van der Waals surface area contributed by atoms with Crippen LogP contribution in [0.15, 0.2) is 12.1 Å². The molecule has 0 aromatic carbocycles. The maximum atomic E-state index is 10.4. The number of thiol groups is 1. The van der Waals surface area contributed by atoms with E-state index in [2.05, 4.69) is 4.98 Å².